The molecule has 8 heteroatoms. The minimum Gasteiger partial charge on any atom is -0.362 e. The smallest absolute Gasteiger partial charge is 0.225 e. The number of benzene rings is 1. The molecule has 0 spiro atoms. The van der Waals surface area contributed by atoms with Crippen LogP contribution in [0.3, 0.4) is 0 Å². The van der Waals surface area contributed by atoms with Crippen LogP contribution < -0.4 is 15.5 Å². The second kappa shape index (κ2) is 9.18. The summed E-state index contributed by atoms with van der Waals surface area (Å²) in [6, 6.07) is 8.59. The summed E-state index contributed by atoms with van der Waals surface area (Å²) in [6.45, 7) is 1.72. The SMILES string of the molecule is CN(C)c1nc(N[C@H]2CC[C@@H](CNCc3nn(C)cc3Cl)CC2)nc2ccccc12. The molecule has 0 saturated heterocycles. The van der Waals surface area contributed by atoms with E-state index in [1.54, 1.807) is 4.68 Å². The van der Waals surface area contributed by atoms with Crippen molar-refractivity contribution in [3.8, 4) is 0 Å². The van der Waals surface area contributed by atoms with Crippen LogP contribution in [0.25, 0.3) is 10.9 Å². The third-order valence-electron chi connectivity index (χ3n) is 5.77. The molecule has 1 fully saturated rings. The minimum absolute atomic E-state index is 0.419. The van der Waals surface area contributed by atoms with Crippen molar-refractivity contribution >= 4 is 34.3 Å². The molecule has 0 atom stereocenters. The monoisotopic (exact) mass is 427 g/mol. The van der Waals surface area contributed by atoms with Crippen LogP contribution >= 0.6 is 11.6 Å². The summed E-state index contributed by atoms with van der Waals surface area (Å²) in [5.41, 5.74) is 1.89. The zero-order chi connectivity index (χ0) is 21.1. The fourth-order valence-electron chi connectivity index (χ4n) is 4.18. The summed E-state index contributed by atoms with van der Waals surface area (Å²) >= 11 is 6.18. The molecule has 30 heavy (non-hydrogen) atoms. The molecule has 1 aliphatic carbocycles. The third-order valence-corrected chi connectivity index (χ3v) is 6.08. The first-order valence-corrected chi connectivity index (χ1v) is 11.0. The van der Waals surface area contributed by atoms with Gasteiger partial charge in [0.25, 0.3) is 0 Å². The second-order valence-corrected chi connectivity index (χ2v) is 8.78. The van der Waals surface area contributed by atoms with Crippen LogP contribution in [0.2, 0.25) is 5.02 Å². The number of aryl methyl sites for hydroxylation is 1. The summed E-state index contributed by atoms with van der Waals surface area (Å²) in [6.07, 6.45) is 6.48. The van der Waals surface area contributed by atoms with Gasteiger partial charge in [0.05, 0.1) is 16.2 Å². The van der Waals surface area contributed by atoms with Gasteiger partial charge in [0.1, 0.15) is 5.82 Å². The number of para-hydroxylation sites is 1. The van der Waals surface area contributed by atoms with E-state index in [2.05, 4.69) is 21.8 Å². The number of hydrogen-bond donors (Lipinski definition) is 2. The first kappa shape index (κ1) is 20.9. The van der Waals surface area contributed by atoms with Crippen molar-refractivity contribution < 1.29 is 0 Å². The largest absolute Gasteiger partial charge is 0.362 e. The topological polar surface area (TPSA) is 70.9 Å². The Kier molecular flexibility index (Phi) is 6.39. The van der Waals surface area contributed by atoms with E-state index >= 15 is 0 Å². The lowest BCUT2D eigenvalue weighted by Crippen LogP contribution is -2.31. The van der Waals surface area contributed by atoms with E-state index < -0.39 is 0 Å². The van der Waals surface area contributed by atoms with E-state index in [4.69, 9.17) is 21.6 Å². The van der Waals surface area contributed by atoms with Gasteiger partial charge in [0.15, 0.2) is 0 Å². The van der Waals surface area contributed by atoms with E-state index in [1.807, 2.05) is 50.4 Å². The lowest BCUT2D eigenvalue weighted by molar-refractivity contribution is 0.323. The van der Waals surface area contributed by atoms with Gasteiger partial charge in [-0.05, 0) is 50.3 Å². The number of aromatic nitrogens is 4. The maximum Gasteiger partial charge on any atom is 0.225 e. The van der Waals surface area contributed by atoms with Crippen LogP contribution in [0.15, 0.2) is 30.5 Å². The van der Waals surface area contributed by atoms with Gasteiger partial charge in [0, 0.05) is 45.3 Å². The van der Waals surface area contributed by atoms with Gasteiger partial charge in [0.2, 0.25) is 5.95 Å². The van der Waals surface area contributed by atoms with Crippen molar-refractivity contribution in [2.24, 2.45) is 13.0 Å². The van der Waals surface area contributed by atoms with E-state index in [0.717, 1.165) is 59.3 Å². The summed E-state index contributed by atoms with van der Waals surface area (Å²) in [5.74, 6) is 2.36. The number of rotatable bonds is 7. The molecule has 0 radical (unpaired) electrons. The molecule has 0 bridgehead atoms. The highest BCUT2D eigenvalue weighted by Crippen LogP contribution is 2.28. The molecule has 3 aromatic rings. The highest BCUT2D eigenvalue weighted by atomic mass is 35.5. The van der Waals surface area contributed by atoms with Crippen LogP contribution in [-0.2, 0) is 13.6 Å². The number of anilines is 2. The molecule has 2 N–H and O–H groups in total. The van der Waals surface area contributed by atoms with Crippen molar-refractivity contribution in [1.82, 2.24) is 25.1 Å². The molecule has 1 aromatic carbocycles. The molecule has 1 aliphatic rings. The highest BCUT2D eigenvalue weighted by molar-refractivity contribution is 6.31. The molecule has 0 aliphatic heterocycles. The van der Waals surface area contributed by atoms with Crippen LogP contribution in [0.5, 0.6) is 0 Å². The van der Waals surface area contributed by atoms with E-state index in [-0.39, 0.29) is 0 Å². The van der Waals surface area contributed by atoms with Crippen LogP contribution in [0.4, 0.5) is 11.8 Å². The molecular weight excluding hydrogens is 398 g/mol. The Morgan fingerprint density at radius 2 is 1.90 bits per heavy atom. The second-order valence-electron chi connectivity index (χ2n) is 8.37. The fourth-order valence-corrected chi connectivity index (χ4v) is 4.42. The molecule has 4 rings (SSSR count). The number of fused-ring (bicyclic) bond motifs is 1. The lowest BCUT2D eigenvalue weighted by Gasteiger charge is -2.29. The molecule has 2 aromatic heterocycles. The van der Waals surface area contributed by atoms with Crippen LogP contribution in [-0.4, -0.2) is 46.4 Å². The minimum atomic E-state index is 0.419. The van der Waals surface area contributed by atoms with Crippen molar-refractivity contribution in [3.63, 3.8) is 0 Å². The van der Waals surface area contributed by atoms with E-state index in [0.29, 0.717) is 12.0 Å². The van der Waals surface area contributed by atoms with Gasteiger partial charge < -0.3 is 15.5 Å². The zero-order valence-corrected chi connectivity index (χ0v) is 18.7. The fraction of sp³-hybridized carbons (Fsp3) is 0.500. The molecule has 1 saturated carbocycles. The van der Waals surface area contributed by atoms with Gasteiger partial charge >= 0.3 is 0 Å². The number of nitrogens with one attached hydrogen (secondary N) is 2. The Morgan fingerprint density at radius 3 is 2.60 bits per heavy atom. The van der Waals surface area contributed by atoms with Gasteiger partial charge in [-0.25, -0.2) is 4.98 Å². The summed E-state index contributed by atoms with van der Waals surface area (Å²) in [5, 5.41) is 13.3. The Bertz CT molecular complexity index is 992. The maximum atomic E-state index is 6.18. The molecule has 0 unspecified atom stereocenters. The summed E-state index contributed by atoms with van der Waals surface area (Å²) < 4.78 is 1.76. The quantitative estimate of drug-likeness (QED) is 0.596. The average Bonchev–Trinajstić information content (AvgIpc) is 3.05. The Labute approximate surface area is 182 Å². The molecular formula is C22H30ClN7. The van der Waals surface area contributed by atoms with Crippen molar-refractivity contribution in [1.29, 1.82) is 0 Å². The zero-order valence-electron chi connectivity index (χ0n) is 17.9. The maximum absolute atomic E-state index is 6.18. The van der Waals surface area contributed by atoms with Crippen molar-refractivity contribution in [2.75, 3.05) is 30.9 Å². The Morgan fingerprint density at radius 1 is 1.13 bits per heavy atom. The van der Waals surface area contributed by atoms with Gasteiger partial charge in [-0.2, -0.15) is 10.1 Å². The molecule has 160 valence electrons. The third kappa shape index (κ3) is 4.84. The normalized spacial score (nSPS) is 19.2. The summed E-state index contributed by atoms with van der Waals surface area (Å²) in [4.78, 5) is 11.6. The Balaban J connectivity index is 1.30. The standard InChI is InChI=1S/C22H30ClN7/c1-29(2)21-17-6-4-5-7-19(17)26-22(27-21)25-16-10-8-15(9-11-16)12-24-13-20-18(23)14-30(3)28-20/h4-7,14-16,24H,8-13H2,1-3H3,(H,25,26,27)/t15-,16+. The molecule has 7 nitrogen and oxygen atoms in total. The van der Waals surface area contributed by atoms with Crippen molar-refractivity contribution in [3.05, 3.63) is 41.2 Å². The van der Waals surface area contributed by atoms with Gasteiger partial charge in [-0.3, -0.25) is 4.68 Å². The van der Waals surface area contributed by atoms with E-state index in [1.165, 1.54) is 12.8 Å². The average molecular weight is 428 g/mol. The first-order valence-electron chi connectivity index (χ1n) is 10.6. The number of nitrogens with zero attached hydrogens (tertiary/aromatic N) is 5. The number of hydrogen-bond acceptors (Lipinski definition) is 6. The van der Waals surface area contributed by atoms with Gasteiger partial charge in [-0.1, -0.05) is 23.7 Å². The van der Waals surface area contributed by atoms with E-state index in [9.17, 15) is 0 Å². The molecule has 2 heterocycles. The van der Waals surface area contributed by atoms with Crippen LogP contribution in [0, 0.1) is 5.92 Å². The predicted molar refractivity (Wildman–Crippen MR) is 123 cm³/mol. The first-order chi connectivity index (χ1) is 14.5. The lowest BCUT2D eigenvalue weighted by atomic mass is 9.86. The van der Waals surface area contributed by atoms with Crippen molar-refractivity contribution in [2.45, 2.75) is 38.3 Å². The van der Waals surface area contributed by atoms with Gasteiger partial charge in [-0.15, -0.1) is 0 Å². The highest BCUT2D eigenvalue weighted by Gasteiger charge is 2.22. The molecule has 0 amide bonds. The number of halogens is 1. The summed E-state index contributed by atoms with van der Waals surface area (Å²) in [7, 11) is 5.94. The predicted octanol–water partition coefficient (Wildman–Crippen LogP) is 3.84. The Hall–Kier alpha value is -2.38. The van der Waals surface area contributed by atoms with Crippen LogP contribution in [0.1, 0.15) is 31.4 Å².